The van der Waals surface area contributed by atoms with Gasteiger partial charge in [-0.25, -0.2) is 0 Å². The van der Waals surface area contributed by atoms with Crippen LogP contribution in [0.4, 0.5) is 0 Å². The van der Waals surface area contributed by atoms with Crippen LogP contribution in [-0.2, 0) is 19.2 Å². The van der Waals surface area contributed by atoms with E-state index in [1.165, 1.54) is 13.8 Å². The molecule has 118 valence electrons. The number of hydrogen-bond donors (Lipinski definition) is 1. The molecule has 0 aromatic carbocycles. The Morgan fingerprint density at radius 2 is 1.43 bits per heavy atom. The second kappa shape index (κ2) is 8.54. The lowest BCUT2D eigenvalue weighted by Gasteiger charge is -2.32. The minimum Gasteiger partial charge on any atom is -0.353 e. The number of Topliss-reactive ketones (excluding diaryl/α,β-unsaturated/α-hetero) is 2. The molecule has 21 heavy (non-hydrogen) atoms. The van der Waals surface area contributed by atoms with Gasteiger partial charge in [0.25, 0.3) is 0 Å². The zero-order chi connectivity index (χ0) is 15.8. The van der Waals surface area contributed by atoms with Crippen LogP contribution in [-0.4, -0.2) is 47.4 Å². The molecular formula is C15H24N2O4. The number of ketones is 2. The van der Waals surface area contributed by atoms with Crippen molar-refractivity contribution in [2.75, 3.05) is 13.1 Å². The van der Waals surface area contributed by atoms with E-state index in [-0.39, 0.29) is 48.7 Å². The molecule has 1 aliphatic heterocycles. The highest BCUT2D eigenvalue weighted by molar-refractivity contribution is 5.84. The summed E-state index contributed by atoms with van der Waals surface area (Å²) in [7, 11) is 0. The van der Waals surface area contributed by atoms with E-state index in [1.54, 1.807) is 4.90 Å². The number of hydrogen-bond acceptors (Lipinski definition) is 4. The van der Waals surface area contributed by atoms with Gasteiger partial charge >= 0.3 is 0 Å². The average Bonchev–Trinajstić information content (AvgIpc) is 2.43. The molecule has 1 heterocycles. The molecule has 6 heteroatoms. The average molecular weight is 296 g/mol. The number of amides is 2. The van der Waals surface area contributed by atoms with Gasteiger partial charge in [-0.15, -0.1) is 0 Å². The van der Waals surface area contributed by atoms with Crippen LogP contribution < -0.4 is 5.32 Å². The Hall–Kier alpha value is -1.72. The topological polar surface area (TPSA) is 83.6 Å². The minimum absolute atomic E-state index is 0.00607. The van der Waals surface area contributed by atoms with Crippen LogP contribution in [0.25, 0.3) is 0 Å². The Bertz CT molecular complexity index is 412. The third-order valence-electron chi connectivity index (χ3n) is 3.61. The molecule has 6 nitrogen and oxygen atoms in total. The van der Waals surface area contributed by atoms with Gasteiger partial charge < -0.3 is 19.8 Å². The fourth-order valence-corrected chi connectivity index (χ4v) is 2.30. The van der Waals surface area contributed by atoms with Gasteiger partial charge in [-0.1, -0.05) is 0 Å². The van der Waals surface area contributed by atoms with Gasteiger partial charge in [-0.2, -0.15) is 0 Å². The number of nitrogens with zero attached hydrogens (tertiary/aromatic N) is 1. The summed E-state index contributed by atoms with van der Waals surface area (Å²) < 4.78 is 0. The summed E-state index contributed by atoms with van der Waals surface area (Å²) in [6, 6.07) is 0.0707. The second-order valence-corrected chi connectivity index (χ2v) is 5.63. The molecule has 1 fully saturated rings. The van der Waals surface area contributed by atoms with E-state index in [0.29, 0.717) is 19.5 Å². The monoisotopic (exact) mass is 296 g/mol. The Labute approximate surface area is 125 Å². The molecule has 1 rings (SSSR count). The largest absolute Gasteiger partial charge is 0.353 e. The maximum Gasteiger partial charge on any atom is 0.223 e. The number of rotatable bonds is 7. The van der Waals surface area contributed by atoms with Gasteiger partial charge in [-0.05, 0) is 26.7 Å². The Morgan fingerprint density at radius 1 is 0.905 bits per heavy atom. The molecular weight excluding hydrogens is 272 g/mol. The zero-order valence-electron chi connectivity index (χ0n) is 12.8. The molecule has 0 aromatic rings. The first-order valence-corrected chi connectivity index (χ1v) is 7.44. The SMILES string of the molecule is CC(=O)CCC(=O)NC1CCN(C(=O)CCC(C)=O)CC1. The van der Waals surface area contributed by atoms with Crippen molar-refractivity contribution in [2.45, 2.75) is 58.4 Å². The van der Waals surface area contributed by atoms with Crippen molar-refractivity contribution in [3.63, 3.8) is 0 Å². The van der Waals surface area contributed by atoms with E-state index < -0.39 is 0 Å². The third kappa shape index (κ3) is 7.02. The summed E-state index contributed by atoms with van der Waals surface area (Å²) in [4.78, 5) is 46.9. The van der Waals surface area contributed by atoms with Crippen LogP contribution in [0.2, 0.25) is 0 Å². The highest BCUT2D eigenvalue weighted by Crippen LogP contribution is 2.12. The second-order valence-electron chi connectivity index (χ2n) is 5.63. The van der Waals surface area contributed by atoms with Crippen molar-refractivity contribution in [2.24, 2.45) is 0 Å². The molecule has 1 aliphatic rings. The molecule has 0 unspecified atom stereocenters. The molecule has 1 N–H and O–H groups in total. The van der Waals surface area contributed by atoms with Crippen molar-refractivity contribution >= 4 is 23.4 Å². The number of nitrogens with one attached hydrogen (secondary N) is 1. The van der Waals surface area contributed by atoms with Gasteiger partial charge in [0.15, 0.2) is 0 Å². The van der Waals surface area contributed by atoms with Crippen LogP contribution in [0.1, 0.15) is 52.4 Å². The van der Waals surface area contributed by atoms with E-state index >= 15 is 0 Å². The maximum absolute atomic E-state index is 11.9. The van der Waals surface area contributed by atoms with Crippen LogP contribution in [0.3, 0.4) is 0 Å². The van der Waals surface area contributed by atoms with Gasteiger partial charge in [0.1, 0.15) is 11.6 Å². The molecule has 0 aliphatic carbocycles. The highest BCUT2D eigenvalue weighted by Gasteiger charge is 2.23. The highest BCUT2D eigenvalue weighted by atomic mass is 16.2. The molecule has 2 amide bonds. The van der Waals surface area contributed by atoms with Crippen LogP contribution >= 0.6 is 0 Å². The normalized spacial score (nSPS) is 15.6. The predicted octanol–water partition coefficient (Wildman–Crippen LogP) is 0.832. The number of carbonyl (C=O) groups is 4. The predicted molar refractivity (Wildman–Crippen MR) is 77.6 cm³/mol. The molecule has 0 radical (unpaired) electrons. The van der Waals surface area contributed by atoms with Crippen molar-refractivity contribution in [1.82, 2.24) is 10.2 Å². The lowest BCUT2D eigenvalue weighted by atomic mass is 10.0. The summed E-state index contributed by atoms with van der Waals surface area (Å²) >= 11 is 0. The molecule has 0 bridgehead atoms. The van der Waals surface area contributed by atoms with E-state index in [4.69, 9.17) is 0 Å². The molecule has 1 saturated heterocycles. The van der Waals surface area contributed by atoms with Crippen molar-refractivity contribution in [1.29, 1.82) is 0 Å². The summed E-state index contributed by atoms with van der Waals surface area (Å²) in [5, 5.41) is 2.90. The lowest BCUT2D eigenvalue weighted by molar-refractivity contribution is -0.134. The van der Waals surface area contributed by atoms with E-state index in [9.17, 15) is 19.2 Å². The van der Waals surface area contributed by atoms with Gasteiger partial charge in [0, 0.05) is 44.8 Å². The first kappa shape index (κ1) is 17.3. The van der Waals surface area contributed by atoms with Gasteiger partial charge in [0.05, 0.1) is 0 Å². The zero-order valence-corrected chi connectivity index (χ0v) is 12.8. The van der Waals surface area contributed by atoms with Crippen LogP contribution in [0.15, 0.2) is 0 Å². The summed E-state index contributed by atoms with van der Waals surface area (Å²) in [5.74, 6) is -0.0647. The number of piperidine rings is 1. The van der Waals surface area contributed by atoms with E-state index in [0.717, 1.165) is 12.8 Å². The summed E-state index contributed by atoms with van der Waals surface area (Å²) in [6.07, 6.45) is 2.50. The molecule has 0 aromatic heterocycles. The fourth-order valence-electron chi connectivity index (χ4n) is 2.30. The fraction of sp³-hybridized carbons (Fsp3) is 0.733. The first-order chi connectivity index (χ1) is 9.88. The quantitative estimate of drug-likeness (QED) is 0.754. The smallest absolute Gasteiger partial charge is 0.223 e. The van der Waals surface area contributed by atoms with Crippen LogP contribution in [0.5, 0.6) is 0 Å². The Kier molecular flexibility index (Phi) is 7.05. The Morgan fingerprint density at radius 3 is 1.95 bits per heavy atom. The molecule has 0 spiro atoms. The maximum atomic E-state index is 11.9. The lowest BCUT2D eigenvalue weighted by Crippen LogP contribution is -2.46. The molecule has 0 saturated carbocycles. The number of likely N-dealkylation sites (tertiary alicyclic amines) is 1. The summed E-state index contributed by atoms with van der Waals surface area (Å²) in [5.41, 5.74) is 0. The third-order valence-corrected chi connectivity index (χ3v) is 3.61. The van der Waals surface area contributed by atoms with Gasteiger partial charge in [0.2, 0.25) is 11.8 Å². The minimum atomic E-state index is -0.105. The van der Waals surface area contributed by atoms with Crippen molar-refractivity contribution in [3.05, 3.63) is 0 Å². The summed E-state index contributed by atoms with van der Waals surface area (Å²) in [6.45, 7) is 4.16. The number of carbonyl (C=O) groups excluding carboxylic acids is 4. The van der Waals surface area contributed by atoms with Crippen molar-refractivity contribution < 1.29 is 19.2 Å². The standard InChI is InChI=1S/C15H24N2O4/c1-11(18)3-5-14(20)16-13-7-9-17(10-8-13)15(21)6-4-12(2)19/h13H,3-10H2,1-2H3,(H,16,20). The van der Waals surface area contributed by atoms with Crippen LogP contribution in [0, 0.1) is 0 Å². The van der Waals surface area contributed by atoms with Crippen molar-refractivity contribution in [3.8, 4) is 0 Å². The Balaban J connectivity index is 2.25. The first-order valence-electron chi connectivity index (χ1n) is 7.44. The molecule has 0 atom stereocenters. The van der Waals surface area contributed by atoms with E-state index in [2.05, 4.69) is 5.32 Å². The van der Waals surface area contributed by atoms with E-state index in [1.807, 2.05) is 0 Å². The van der Waals surface area contributed by atoms with Gasteiger partial charge in [-0.3, -0.25) is 9.59 Å².